The number of halogens is 1. The van der Waals surface area contributed by atoms with Crippen LogP contribution in [0.25, 0.3) is 6.08 Å². The first kappa shape index (κ1) is 18.7. The Labute approximate surface area is 152 Å². The molecule has 0 heterocycles. The second-order valence-electron chi connectivity index (χ2n) is 5.10. The van der Waals surface area contributed by atoms with Gasteiger partial charge in [-0.2, -0.15) is 0 Å². The third kappa shape index (κ3) is 5.16. The SMILES string of the molecule is C/C=C/c1ccc(OCC(=O)Nc2ccc(OC)c(Cl)c2)c(OC)c1. The Morgan fingerprint density at radius 1 is 1.08 bits per heavy atom. The molecule has 6 heteroatoms. The Hall–Kier alpha value is -2.66. The number of rotatable bonds is 7. The molecule has 0 aliphatic carbocycles. The fourth-order valence-electron chi connectivity index (χ4n) is 2.18. The van der Waals surface area contributed by atoms with Crippen LogP contribution >= 0.6 is 11.6 Å². The first-order chi connectivity index (χ1) is 12.1. The fraction of sp³-hybridized carbons (Fsp3) is 0.211. The summed E-state index contributed by atoms with van der Waals surface area (Å²) in [6, 6.07) is 10.5. The lowest BCUT2D eigenvalue weighted by molar-refractivity contribution is -0.118. The average Bonchev–Trinajstić information content (AvgIpc) is 2.61. The summed E-state index contributed by atoms with van der Waals surface area (Å²) in [7, 11) is 3.09. The number of nitrogens with one attached hydrogen (secondary N) is 1. The number of hydrogen-bond acceptors (Lipinski definition) is 4. The maximum atomic E-state index is 12.1. The number of amides is 1. The number of allylic oxidation sites excluding steroid dienone is 1. The molecule has 0 aromatic heterocycles. The highest BCUT2D eigenvalue weighted by Crippen LogP contribution is 2.29. The van der Waals surface area contributed by atoms with E-state index in [4.69, 9.17) is 25.8 Å². The van der Waals surface area contributed by atoms with Gasteiger partial charge in [0, 0.05) is 5.69 Å². The molecule has 0 atom stereocenters. The van der Waals surface area contributed by atoms with E-state index in [1.165, 1.54) is 7.11 Å². The standard InChI is InChI=1S/C19H20ClNO4/c1-4-5-13-6-8-17(18(10-13)24-3)25-12-19(22)21-14-7-9-16(23-2)15(20)11-14/h4-11H,12H2,1-3H3,(H,21,22)/b5-4+. The lowest BCUT2D eigenvalue weighted by Gasteiger charge is -2.12. The smallest absolute Gasteiger partial charge is 0.262 e. The molecule has 0 aliphatic rings. The molecule has 2 aromatic rings. The first-order valence-electron chi connectivity index (χ1n) is 7.64. The first-order valence-corrected chi connectivity index (χ1v) is 8.02. The number of ether oxygens (including phenoxy) is 3. The molecule has 1 N–H and O–H groups in total. The molecule has 0 bridgehead atoms. The quantitative estimate of drug-likeness (QED) is 0.793. The van der Waals surface area contributed by atoms with Gasteiger partial charge in [0.15, 0.2) is 18.1 Å². The molecular weight excluding hydrogens is 342 g/mol. The molecule has 0 aliphatic heterocycles. The highest BCUT2D eigenvalue weighted by Gasteiger charge is 2.09. The maximum absolute atomic E-state index is 12.1. The topological polar surface area (TPSA) is 56.8 Å². The lowest BCUT2D eigenvalue weighted by atomic mass is 10.2. The van der Waals surface area contributed by atoms with Crippen LogP contribution in [0.4, 0.5) is 5.69 Å². The van der Waals surface area contributed by atoms with Gasteiger partial charge in [0.25, 0.3) is 5.91 Å². The third-order valence-electron chi connectivity index (χ3n) is 3.34. The van der Waals surface area contributed by atoms with E-state index in [2.05, 4.69) is 5.32 Å². The number of methoxy groups -OCH3 is 2. The van der Waals surface area contributed by atoms with Crippen molar-refractivity contribution in [2.75, 3.05) is 26.1 Å². The summed E-state index contributed by atoms with van der Waals surface area (Å²) in [5.41, 5.74) is 1.55. The molecule has 0 spiro atoms. The van der Waals surface area contributed by atoms with Gasteiger partial charge in [-0.05, 0) is 42.8 Å². The number of benzene rings is 2. The van der Waals surface area contributed by atoms with E-state index in [1.54, 1.807) is 31.4 Å². The molecule has 0 radical (unpaired) electrons. The van der Waals surface area contributed by atoms with Crippen LogP contribution in [0.5, 0.6) is 17.2 Å². The van der Waals surface area contributed by atoms with Gasteiger partial charge in [0.1, 0.15) is 5.75 Å². The largest absolute Gasteiger partial charge is 0.495 e. The summed E-state index contributed by atoms with van der Waals surface area (Å²) in [4.78, 5) is 12.1. The van der Waals surface area contributed by atoms with Crippen molar-refractivity contribution in [3.63, 3.8) is 0 Å². The minimum atomic E-state index is -0.305. The molecule has 2 aromatic carbocycles. The Balaban J connectivity index is 1.99. The second-order valence-corrected chi connectivity index (χ2v) is 5.50. The predicted octanol–water partition coefficient (Wildman–Crippen LogP) is 4.41. The normalized spacial score (nSPS) is 10.6. The van der Waals surface area contributed by atoms with Gasteiger partial charge >= 0.3 is 0 Å². The zero-order chi connectivity index (χ0) is 18.2. The zero-order valence-corrected chi connectivity index (χ0v) is 15.1. The van der Waals surface area contributed by atoms with Crippen LogP contribution in [0.15, 0.2) is 42.5 Å². The van der Waals surface area contributed by atoms with Crippen LogP contribution in [-0.2, 0) is 4.79 Å². The molecule has 2 rings (SSSR count). The molecule has 1 amide bonds. The number of anilines is 1. The molecule has 0 unspecified atom stereocenters. The number of hydrogen-bond donors (Lipinski definition) is 1. The lowest BCUT2D eigenvalue weighted by Crippen LogP contribution is -2.20. The molecule has 5 nitrogen and oxygen atoms in total. The minimum absolute atomic E-state index is 0.150. The van der Waals surface area contributed by atoms with Crippen LogP contribution < -0.4 is 19.5 Å². The van der Waals surface area contributed by atoms with Gasteiger partial charge in [-0.25, -0.2) is 0 Å². The number of carbonyl (C=O) groups is 1. The van der Waals surface area contributed by atoms with E-state index in [0.717, 1.165) is 5.56 Å². The van der Waals surface area contributed by atoms with Crippen molar-refractivity contribution in [2.24, 2.45) is 0 Å². The average molecular weight is 362 g/mol. The van der Waals surface area contributed by atoms with Crippen LogP contribution in [0, 0.1) is 0 Å². The summed E-state index contributed by atoms with van der Waals surface area (Å²) < 4.78 is 15.9. The van der Waals surface area contributed by atoms with Gasteiger partial charge in [-0.15, -0.1) is 0 Å². The van der Waals surface area contributed by atoms with Crippen LogP contribution in [-0.4, -0.2) is 26.7 Å². The van der Waals surface area contributed by atoms with Crippen molar-refractivity contribution in [1.29, 1.82) is 0 Å². The van der Waals surface area contributed by atoms with Crippen molar-refractivity contribution in [1.82, 2.24) is 0 Å². The Bertz CT molecular complexity index is 774. The molecular formula is C19H20ClNO4. The van der Waals surface area contributed by atoms with Gasteiger partial charge in [-0.1, -0.05) is 29.8 Å². The summed E-state index contributed by atoms with van der Waals surface area (Å²) >= 11 is 6.04. The van der Waals surface area contributed by atoms with Gasteiger partial charge in [0.2, 0.25) is 0 Å². The highest BCUT2D eigenvalue weighted by atomic mass is 35.5. The van der Waals surface area contributed by atoms with Crippen LogP contribution in [0.1, 0.15) is 12.5 Å². The second kappa shape index (κ2) is 8.99. The Kier molecular flexibility index (Phi) is 6.71. The maximum Gasteiger partial charge on any atom is 0.262 e. The van der Waals surface area contributed by atoms with Crippen LogP contribution in [0.3, 0.4) is 0 Å². The van der Waals surface area contributed by atoms with Gasteiger partial charge < -0.3 is 19.5 Å². The van der Waals surface area contributed by atoms with Gasteiger partial charge in [-0.3, -0.25) is 4.79 Å². The van der Waals surface area contributed by atoms with E-state index in [0.29, 0.717) is 28.0 Å². The van der Waals surface area contributed by atoms with Crippen molar-refractivity contribution in [3.05, 3.63) is 53.1 Å². The highest BCUT2D eigenvalue weighted by molar-refractivity contribution is 6.32. The van der Waals surface area contributed by atoms with Crippen molar-refractivity contribution in [3.8, 4) is 17.2 Å². The van der Waals surface area contributed by atoms with E-state index in [9.17, 15) is 4.79 Å². The minimum Gasteiger partial charge on any atom is -0.495 e. The summed E-state index contributed by atoms with van der Waals surface area (Å²) in [5, 5.41) is 3.14. The molecule has 0 saturated heterocycles. The Morgan fingerprint density at radius 2 is 1.80 bits per heavy atom. The Morgan fingerprint density at radius 3 is 2.44 bits per heavy atom. The third-order valence-corrected chi connectivity index (χ3v) is 3.64. The van der Waals surface area contributed by atoms with Crippen molar-refractivity contribution in [2.45, 2.75) is 6.92 Å². The van der Waals surface area contributed by atoms with E-state index < -0.39 is 0 Å². The van der Waals surface area contributed by atoms with E-state index >= 15 is 0 Å². The van der Waals surface area contributed by atoms with Gasteiger partial charge in [0.05, 0.1) is 19.2 Å². The fourth-order valence-corrected chi connectivity index (χ4v) is 2.44. The predicted molar refractivity (Wildman–Crippen MR) is 99.8 cm³/mol. The summed E-state index contributed by atoms with van der Waals surface area (Å²) in [6.07, 6.45) is 3.88. The summed E-state index contributed by atoms with van der Waals surface area (Å²) in [5.74, 6) is 1.30. The van der Waals surface area contributed by atoms with E-state index in [1.807, 2.05) is 31.2 Å². The molecule has 0 saturated carbocycles. The monoisotopic (exact) mass is 361 g/mol. The molecule has 0 fully saturated rings. The van der Waals surface area contributed by atoms with Crippen LogP contribution in [0.2, 0.25) is 5.02 Å². The van der Waals surface area contributed by atoms with Crippen molar-refractivity contribution >= 4 is 29.3 Å². The summed E-state index contributed by atoms with van der Waals surface area (Å²) in [6.45, 7) is 1.79. The zero-order valence-electron chi connectivity index (χ0n) is 14.3. The number of carbonyl (C=O) groups excluding carboxylic acids is 1. The molecule has 132 valence electrons. The van der Waals surface area contributed by atoms with Crippen molar-refractivity contribution < 1.29 is 19.0 Å². The molecule has 25 heavy (non-hydrogen) atoms. The van der Waals surface area contributed by atoms with E-state index in [-0.39, 0.29) is 12.5 Å².